The second-order valence-corrected chi connectivity index (χ2v) is 5.41. The van der Waals surface area contributed by atoms with E-state index in [1.54, 1.807) is 13.8 Å². The third kappa shape index (κ3) is 4.09. The highest BCUT2D eigenvalue weighted by atomic mass is 35.5. The minimum atomic E-state index is -4.83. The maximum absolute atomic E-state index is 12.3. The zero-order valence-corrected chi connectivity index (χ0v) is 12.5. The topological polar surface area (TPSA) is 67.8 Å². The molecular weight excluding hydrogens is 327 g/mol. The van der Waals surface area contributed by atoms with E-state index >= 15 is 0 Å². The number of carbonyl (C=O) groups is 1. The van der Waals surface area contributed by atoms with Gasteiger partial charge in [-0.25, -0.2) is 4.79 Å². The molecule has 1 aromatic carbocycles. The number of alkyl carbamates (subject to hydrolysis) is 1. The summed E-state index contributed by atoms with van der Waals surface area (Å²) < 4.78 is 45.4. The van der Waals surface area contributed by atoms with Crippen molar-refractivity contribution in [3.05, 3.63) is 23.8 Å². The molecule has 0 saturated carbocycles. The largest absolute Gasteiger partial charge is 0.573 e. The number of alkyl halides is 3. The number of rotatable bonds is 2. The van der Waals surface area contributed by atoms with Crippen LogP contribution in [0.5, 0.6) is 11.5 Å². The summed E-state index contributed by atoms with van der Waals surface area (Å²) >= 11 is 0. The predicted molar refractivity (Wildman–Crippen MR) is 73.0 cm³/mol. The molecule has 5 nitrogen and oxygen atoms in total. The summed E-state index contributed by atoms with van der Waals surface area (Å²) in [7, 11) is 0. The fraction of sp³-hybridized carbons (Fsp3) is 0.462. The van der Waals surface area contributed by atoms with Crippen molar-refractivity contribution < 1.29 is 32.5 Å². The summed E-state index contributed by atoms with van der Waals surface area (Å²) in [5.41, 5.74) is -0.471. The first-order valence-electron chi connectivity index (χ1n) is 6.10. The second-order valence-electron chi connectivity index (χ2n) is 5.41. The highest BCUT2D eigenvalue weighted by Gasteiger charge is 2.40. The van der Waals surface area contributed by atoms with Gasteiger partial charge in [0.05, 0.1) is 6.04 Å². The van der Waals surface area contributed by atoms with Crippen LogP contribution >= 0.6 is 12.4 Å². The van der Waals surface area contributed by atoms with Gasteiger partial charge < -0.3 is 19.9 Å². The van der Waals surface area contributed by atoms with Crippen LogP contribution in [0, 0.1) is 5.41 Å². The van der Waals surface area contributed by atoms with Crippen LogP contribution in [-0.2, 0) is 4.74 Å². The van der Waals surface area contributed by atoms with E-state index in [0.717, 1.165) is 18.2 Å². The van der Waals surface area contributed by atoms with Gasteiger partial charge in [0.1, 0.15) is 18.1 Å². The lowest BCUT2D eigenvalue weighted by Crippen LogP contribution is -2.46. The lowest BCUT2D eigenvalue weighted by atomic mass is 9.80. The average Bonchev–Trinajstić information content (AvgIpc) is 2.33. The summed E-state index contributed by atoms with van der Waals surface area (Å²) in [6.07, 6.45) is -5.52. The van der Waals surface area contributed by atoms with E-state index < -0.39 is 29.7 Å². The van der Waals surface area contributed by atoms with Crippen LogP contribution < -0.4 is 10.1 Å². The summed E-state index contributed by atoms with van der Waals surface area (Å²) in [6, 6.07) is 2.45. The third-order valence-corrected chi connectivity index (χ3v) is 3.16. The van der Waals surface area contributed by atoms with E-state index in [1.165, 1.54) is 0 Å². The fourth-order valence-electron chi connectivity index (χ4n) is 2.15. The van der Waals surface area contributed by atoms with Gasteiger partial charge in [0, 0.05) is 11.0 Å². The number of phenols is 1. The molecule has 0 aromatic heterocycles. The number of cyclic esters (lactones) is 1. The number of benzene rings is 1. The zero-order chi connectivity index (χ0) is 15.8. The number of hydrogen-bond donors (Lipinski definition) is 2. The number of aromatic hydroxyl groups is 1. The van der Waals surface area contributed by atoms with Crippen molar-refractivity contribution in [2.24, 2.45) is 5.41 Å². The predicted octanol–water partition coefficient (Wildman–Crippen LogP) is 3.52. The van der Waals surface area contributed by atoms with Crippen molar-refractivity contribution in [3.63, 3.8) is 0 Å². The Balaban J connectivity index is 0.00000242. The molecule has 0 radical (unpaired) electrons. The Hall–Kier alpha value is -1.83. The van der Waals surface area contributed by atoms with Crippen LogP contribution in [-0.4, -0.2) is 24.2 Å². The molecule has 2 rings (SSSR count). The Labute approximate surface area is 130 Å². The molecule has 1 amide bonds. The number of amides is 1. The third-order valence-electron chi connectivity index (χ3n) is 3.16. The Bertz CT molecular complexity index is 563. The molecule has 0 bridgehead atoms. The second kappa shape index (κ2) is 6.12. The molecule has 22 heavy (non-hydrogen) atoms. The molecule has 1 aliphatic heterocycles. The van der Waals surface area contributed by atoms with Gasteiger partial charge in [-0.2, -0.15) is 0 Å². The first-order chi connectivity index (χ1) is 9.58. The molecule has 1 aromatic rings. The number of hydrogen-bond acceptors (Lipinski definition) is 4. The first kappa shape index (κ1) is 18.2. The van der Waals surface area contributed by atoms with Crippen LogP contribution in [0.3, 0.4) is 0 Å². The maximum atomic E-state index is 12.3. The monoisotopic (exact) mass is 341 g/mol. The van der Waals surface area contributed by atoms with Crippen LogP contribution in [0.4, 0.5) is 18.0 Å². The Morgan fingerprint density at radius 2 is 2.05 bits per heavy atom. The van der Waals surface area contributed by atoms with Gasteiger partial charge in [-0.3, -0.25) is 0 Å². The SMILES string of the molecule is CC1(C)COC(=O)N[C@@H]1c1cc(OC(F)(F)F)ccc1O.Cl. The summed E-state index contributed by atoms with van der Waals surface area (Å²) in [4.78, 5) is 11.3. The van der Waals surface area contributed by atoms with Gasteiger partial charge in [0.25, 0.3) is 0 Å². The molecule has 1 atom stereocenters. The number of phenolic OH excluding ortho intramolecular Hbond substituents is 1. The van der Waals surface area contributed by atoms with Crippen molar-refractivity contribution in [2.45, 2.75) is 26.3 Å². The van der Waals surface area contributed by atoms with Gasteiger partial charge in [-0.15, -0.1) is 25.6 Å². The van der Waals surface area contributed by atoms with Crippen molar-refractivity contribution in [1.29, 1.82) is 0 Å². The molecule has 9 heteroatoms. The highest BCUT2D eigenvalue weighted by molar-refractivity contribution is 5.85. The number of ether oxygens (including phenoxy) is 2. The smallest absolute Gasteiger partial charge is 0.508 e. The van der Waals surface area contributed by atoms with Crippen LogP contribution in [0.15, 0.2) is 18.2 Å². The van der Waals surface area contributed by atoms with E-state index in [1.807, 2.05) is 0 Å². The number of nitrogens with one attached hydrogen (secondary N) is 1. The van der Waals surface area contributed by atoms with Gasteiger partial charge >= 0.3 is 12.5 Å². The zero-order valence-electron chi connectivity index (χ0n) is 11.7. The average molecular weight is 342 g/mol. The summed E-state index contributed by atoms with van der Waals surface area (Å²) in [5.74, 6) is -0.698. The van der Waals surface area contributed by atoms with Crippen molar-refractivity contribution in [3.8, 4) is 11.5 Å². The minimum Gasteiger partial charge on any atom is -0.508 e. The van der Waals surface area contributed by atoms with Gasteiger partial charge in [0.2, 0.25) is 0 Å². The highest BCUT2D eigenvalue weighted by Crippen LogP contribution is 2.41. The molecule has 124 valence electrons. The molecule has 2 N–H and O–H groups in total. The Morgan fingerprint density at radius 3 is 2.64 bits per heavy atom. The van der Waals surface area contributed by atoms with Crippen molar-refractivity contribution in [1.82, 2.24) is 5.32 Å². The minimum absolute atomic E-state index is 0. The molecule has 0 aliphatic carbocycles. The molecule has 1 heterocycles. The van der Waals surface area contributed by atoms with Crippen molar-refractivity contribution in [2.75, 3.05) is 6.61 Å². The summed E-state index contributed by atoms with van der Waals surface area (Å²) in [6.45, 7) is 3.59. The normalized spacial score (nSPS) is 20.4. The van der Waals surface area contributed by atoms with E-state index in [2.05, 4.69) is 10.1 Å². The van der Waals surface area contributed by atoms with Crippen LogP contribution in [0.1, 0.15) is 25.5 Å². The van der Waals surface area contributed by atoms with Gasteiger partial charge in [-0.05, 0) is 18.2 Å². The van der Waals surface area contributed by atoms with Crippen LogP contribution in [0.2, 0.25) is 0 Å². The maximum Gasteiger partial charge on any atom is 0.573 e. The van der Waals surface area contributed by atoms with E-state index in [4.69, 9.17) is 4.74 Å². The molecular formula is C13H15ClF3NO4. The molecule has 0 spiro atoms. The molecule has 1 saturated heterocycles. The first-order valence-corrected chi connectivity index (χ1v) is 6.10. The van der Waals surface area contributed by atoms with E-state index in [9.17, 15) is 23.1 Å². The Morgan fingerprint density at radius 1 is 1.41 bits per heavy atom. The molecule has 0 unspecified atom stereocenters. The van der Waals surface area contributed by atoms with Crippen molar-refractivity contribution >= 4 is 18.5 Å². The molecule has 1 fully saturated rings. The quantitative estimate of drug-likeness (QED) is 0.863. The van der Waals surface area contributed by atoms with E-state index in [0.29, 0.717) is 0 Å². The standard InChI is InChI=1S/C13H14F3NO4.ClH/c1-12(2)6-20-11(19)17-10(12)8-5-7(3-4-9(8)18)21-13(14,15)16;/h3-5,10,18H,6H2,1-2H3,(H,17,19);1H/t10-;/m1./s1. The van der Waals surface area contributed by atoms with Crippen LogP contribution in [0.25, 0.3) is 0 Å². The van der Waals surface area contributed by atoms with E-state index in [-0.39, 0.29) is 30.3 Å². The summed E-state index contributed by atoms with van der Waals surface area (Å²) in [5, 5.41) is 12.4. The number of halogens is 4. The lowest BCUT2D eigenvalue weighted by Gasteiger charge is -2.38. The molecule has 1 aliphatic rings. The fourth-order valence-corrected chi connectivity index (χ4v) is 2.15. The Kier molecular flexibility index (Phi) is 5.06. The van der Waals surface area contributed by atoms with Gasteiger partial charge in [-0.1, -0.05) is 13.8 Å². The van der Waals surface area contributed by atoms with Gasteiger partial charge in [0.15, 0.2) is 0 Å². The lowest BCUT2D eigenvalue weighted by molar-refractivity contribution is -0.274. The number of carbonyl (C=O) groups excluding carboxylic acids is 1.